The van der Waals surface area contributed by atoms with Gasteiger partial charge < -0.3 is 30.3 Å². The molecule has 45 heavy (non-hydrogen) atoms. The van der Waals surface area contributed by atoms with Crippen LogP contribution in [0.1, 0.15) is 57.3 Å². The molecule has 2 aromatic rings. The monoisotopic (exact) mass is 639 g/mol. The van der Waals surface area contributed by atoms with Crippen molar-refractivity contribution in [2.75, 3.05) is 38.0 Å². The number of amides is 3. The Labute approximate surface area is 258 Å². The van der Waals surface area contributed by atoms with E-state index in [0.29, 0.717) is 57.5 Å². The third-order valence-corrected chi connectivity index (χ3v) is 8.76. The number of rotatable bonds is 6. The van der Waals surface area contributed by atoms with Crippen molar-refractivity contribution < 1.29 is 41.0 Å². The third-order valence-electron chi connectivity index (χ3n) is 8.76. The zero-order valence-electron chi connectivity index (χ0n) is 25.4. The second kappa shape index (κ2) is 12.2. The number of para-hydroxylation sites is 1. The van der Waals surface area contributed by atoms with Gasteiger partial charge in [0, 0.05) is 45.2 Å². The highest BCUT2D eigenvalue weighted by Crippen LogP contribution is 2.47. The Kier molecular flexibility index (Phi) is 8.82. The van der Waals surface area contributed by atoms with Gasteiger partial charge in [0.1, 0.15) is 6.17 Å². The maximum absolute atomic E-state index is 14.0. The maximum atomic E-state index is 14.0. The number of carbonyl (C=O) groups excluding carboxylic acids is 2. The number of hydrogen-bond donors (Lipinski definition) is 2. The first kappa shape index (κ1) is 32.6. The zero-order chi connectivity index (χ0) is 32.7. The summed E-state index contributed by atoms with van der Waals surface area (Å²) >= 11 is 0. The fourth-order valence-corrected chi connectivity index (χ4v) is 6.27. The number of carbonyl (C=O) groups is 2. The summed E-state index contributed by atoms with van der Waals surface area (Å²) in [5.74, 6) is -0.252. The summed E-state index contributed by atoms with van der Waals surface area (Å²) in [6, 6.07) is 8.34. The Hall–Kier alpha value is -3.81. The van der Waals surface area contributed by atoms with Crippen LogP contribution in [0.5, 0.6) is 11.5 Å². The van der Waals surface area contributed by atoms with Crippen LogP contribution in [0.2, 0.25) is 0 Å². The smallest absolute Gasteiger partial charge is 0.395 e. The van der Waals surface area contributed by atoms with Gasteiger partial charge in [-0.15, -0.1) is 8.78 Å². The first-order valence-corrected chi connectivity index (χ1v) is 14.9. The van der Waals surface area contributed by atoms with Gasteiger partial charge in [0.15, 0.2) is 11.5 Å². The lowest BCUT2D eigenvalue weighted by Gasteiger charge is -2.50. The van der Waals surface area contributed by atoms with E-state index in [1.54, 1.807) is 4.90 Å². The highest BCUT2D eigenvalue weighted by molar-refractivity contribution is 5.77. The standard InChI is InChI=1S/C31H38F5N5O4/c1-29(2,3)24-18-40(15-16-41(24)25(42)17-19-11-13-39(14-12-19)28(37)43)27(20-7-9-21(10-8-20)30(32,33)34)38-22-5-4-6-23-26(22)45-31(35,36)44-23/h4-10,19,24,27,38H,11-18H2,1-3H3,(H2,37,43)/t24-,27?/m1/s1. The summed E-state index contributed by atoms with van der Waals surface area (Å²) in [6.45, 7) is 8.14. The van der Waals surface area contributed by atoms with E-state index in [-0.39, 0.29) is 40.5 Å². The fraction of sp³-hybridized carbons (Fsp3) is 0.548. The van der Waals surface area contributed by atoms with Crippen molar-refractivity contribution >= 4 is 17.6 Å². The molecule has 3 aliphatic heterocycles. The van der Waals surface area contributed by atoms with E-state index >= 15 is 0 Å². The van der Waals surface area contributed by atoms with Crippen molar-refractivity contribution in [2.24, 2.45) is 17.1 Å². The van der Waals surface area contributed by atoms with E-state index in [1.807, 2.05) is 30.6 Å². The predicted molar refractivity (Wildman–Crippen MR) is 155 cm³/mol. The van der Waals surface area contributed by atoms with Crippen LogP contribution in [0.3, 0.4) is 0 Å². The SMILES string of the molecule is CC(C)(C)[C@H]1CN(C(Nc2cccc3c2OC(F)(F)O3)c2ccc(C(F)(F)F)cc2)CCN1C(=O)CC1CCN(C(N)=O)CC1. The normalized spacial score (nSPS) is 21.5. The minimum Gasteiger partial charge on any atom is -0.395 e. The second-order valence-corrected chi connectivity index (χ2v) is 12.9. The maximum Gasteiger partial charge on any atom is 0.586 e. The van der Waals surface area contributed by atoms with Crippen LogP contribution in [0.15, 0.2) is 42.5 Å². The minimum absolute atomic E-state index is 0.000187. The van der Waals surface area contributed by atoms with E-state index in [2.05, 4.69) is 10.1 Å². The molecule has 2 saturated heterocycles. The summed E-state index contributed by atoms with van der Waals surface area (Å²) < 4.78 is 77.4. The van der Waals surface area contributed by atoms with E-state index < -0.39 is 30.2 Å². The molecule has 2 aromatic carbocycles. The first-order valence-electron chi connectivity index (χ1n) is 14.9. The Balaban J connectivity index is 1.39. The molecule has 3 heterocycles. The number of likely N-dealkylation sites (tertiary alicyclic amines) is 1. The lowest BCUT2D eigenvalue weighted by molar-refractivity contribution is -0.286. The van der Waals surface area contributed by atoms with Crippen molar-refractivity contribution in [1.29, 1.82) is 0 Å². The Bertz CT molecular complexity index is 1390. The number of fused-ring (bicyclic) bond motifs is 1. The van der Waals surface area contributed by atoms with Crippen LogP contribution < -0.4 is 20.5 Å². The quantitative estimate of drug-likeness (QED) is 0.384. The number of primary amides is 1. The molecule has 0 saturated carbocycles. The first-order chi connectivity index (χ1) is 21.0. The number of nitrogens with two attached hydrogens (primary N) is 1. The Morgan fingerprint density at radius 2 is 1.67 bits per heavy atom. The molecule has 14 heteroatoms. The fourth-order valence-electron chi connectivity index (χ4n) is 6.27. The molecule has 9 nitrogen and oxygen atoms in total. The average Bonchev–Trinajstić information content (AvgIpc) is 3.29. The number of piperidine rings is 1. The van der Waals surface area contributed by atoms with Crippen molar-refractivity contribution in [3.63, 3.8) is 0 Å². The zero-order valence-corrected chi connectivity index (χ0v) is 25.4. The molecule has 0 aromatic heterocycles. The van der Waals surface area contributed by atoms with Gasteiger partial charge in [0.05, 0.1) is 11.3 Å². The van der Waals surface area contributed by atoms with E-state index in [0.717, 1.165) is 12.1 Å². The lowest BCUT2D eigenvalue weighted by atomic mass is 9.83. The van der Waals surface area contributed by atoms with Crippen molar-refractivity contribution in [1.82, 2.24) is 14.7 Å². The number of benzene rings is 2. The number of piperazine rings is 1. The van der Waals surface area contributed by atoms with Crippen LogP contribution >= 0.6 is 0 Å². The van der Waals surface area contributed by atoms with Gasteiger partial charge >= 0.3 is 18.5 Å². The number of anilines is 1. The minimum atomic E-state index is -4.53. The van der Waals surface area contributed by atoms with Crippen LogP contribution in [0.25, 0.3) is 0 Å². The molecule has 1 unspecified atom stereocenters. The van der Waals surface area contributed by atoms with Crippen LogP contribution in [0.4, 0.5) is 32.4 Å². The van der Waals surface area contributed by atoms with Gasteiger partial charge in [0.25, 0.3) is 0 Å². The van der Waals surface area contributed by atoms with E-state index in [9.17, 15) is 31.5 Å². The molecule has 3 N–H and O–H groups in total. The summed E-state index contributed by atoms with van der Waals surface area (Å²) in [5.41, 5.74) is 4.86. The molecule has 0 spiro atoms. The van der Waals surface area contributed by atoms with Crippen LogP contribution in [-0.2, 0) is 11.0 Å². The van der Waals surface area contributed by atoms with Gasteiger partial charge in [-0.3, -0.25) is 9.69 Å². The van der Waals surface area contributed by atoms with Gasteiger partial charge in [-0.1, -0.05) is 39.0 Å². The number of urea groups is 1. The third kappa shape index (κ3) is 7.37. The number of ether oxygens (including phenoxy) is 2. The summed E-state index contributed by atoms with van der Waals surface area (Å²) in [6.07, 6.45) is -7.44. The molecule has 3 aliphatic rings. The summed E-state index contributed by atoms with van der Waals surface area (Å²) in [5, 5.41) is 3.22. The highest BCUT2D eigenvalue weighted by Gasteiger charge is 2.46. The summed E-state index contributed by atoms with van der Waals surface area (Å²) in [7, 11) is 0. The molecule has 2 atom stereocenters. The Morgan fingerprint density at radius 1 is 1.00 bits per heavy atom. The van der Waals surface area contributed by atoms with E-state index in [1.165, 1.54) is 30.3 Å². The van der Waals surface area contributed by atoms with Crippen LogP contribution in [0, 0.1) is 11.3 Å². The van der Waals surface area contributed by atoms with E-state index in [4.69, 9.17) is 10.5 Å². The van der Waals surface area contributed by atoms with Gasteiger partial charge in [0.2, 0.25) is 5.91 Å². The topological polar surface area (TPSA) is 100 Å². The molecule has 2 fully saturated rings. The number of halogens is 5. The Morgan fingerprint density at radius 3 is 2.27 bits per heavy atom. The average molecular weight is 640 g/mol. The van der Waals surface area contributed by atoms with Crippen molar-refractivity contribution in [2.45, 2.75) is 64.7 Å². The molecule has 0 radical (unpaired) electrons. The van der Waals surface area contributed by atoms with Gasteiger partial charge in [-0.05, 0) is 54.0 Å². The van der Waals surface area contributed by atoms with Crippen molar-refractivity contribution in [3.05, 3.63) is 53.6 Å². The van der Waals surface area contributed by atoms with Crippen molar-refractivity contribution in [3.8, 4) is 11.5 Å². The molecular formula is C31H38F5N5O4. The molecular weight excluding hydrogens is 601 g/mol. The van der Waals surface area contributed by atoms with Crippen LogP contribution in [-0.4, -0.2) is 71.7 Å². The predicted octanol–water partition coefficient (Wildman–Crippen LogP) is 5.88. The largest absolute Gasteiger partial charge is 0.586 e. The number of nitrogens with one attached hydrogen (secondary N) is 1. The van der Waals surface area contributed by atoms with Gasteiger partial charge in [-0.25, -0.2) is 4.79 Å². The molecule has 0 aliphatic carbocycles. The molecule has 246 valence electrons. The highest BCUT2D eigenvalue weighted by atomic mass is 19.4. The number of hydrogen-bond acceptors (Lipinski definition) is 6. The second-order valence-electron chi connectivity index (χ2n) is 12.9. The van der Waals surface area contributed by atoms with Gasteiger partial charge in [-0.2, -0.15) is 13.2 Å². The summed E-state index contributed by atoms with van der Waals surface area (Å²) in [4.78, 5) is 30.6. The molecule has 0 bridgehead atoms. The lowest BCUT2D eigenvalue weighted by Crippen LogP contribution is -2.61. The molecule has 3 amide bonds. The molecule has 5 rings (SSSR count). The number of alkyl halides is 5. The number of nitrogens with zero attached hydrogens (tertiary/aromatic N) is 3.